The number of benzene rings is 1. The first-order valence-corrected chi connectivity index (χ1v) is 6.09. The minimum absolute atomic E-state index is 0.174. The van der Waals surface area contributed by atoms with Gasteiger partial charge in [0.2, 0.25) is 0 Å². The lowest BCUT2D eigenvalue weighted by atomic mass is 10.2. The number of aromatic nitrogens is 1. The number of thiazole rings is 1. The average molecular weight is 237 g/mol. The lowest BCUT2D eigenvalue weighted by Crippen LogP contribution is -2.17. The van der Waals surface area contributed by atoms with Gasteiger partial charge in [-0.2, -0.15) is 0 Å². The Labute approximate surface area is 98.1 Å². The van der Waals surface area contributed by atoms with E-state index in [1.807, 2.05) is 19.1 Å². The highest BCUT2D eigenvalue weighted by Crippen LogP contribution is 2.30. The van der Waals surface area contributed by atoms with Crippen molar-refractivity contribution < 1.29 is 5.11 Å². The first-order chi connectivity index (χ1) is 7.72. The number of anilines is 2. The summed E-state index contributed by atoms with van der Waals surface area (Å²) < 4.78 is 1.10. The molecule has 5 heteroatoms. The highest BCUT2D eigenvalue weighted by molar-refractivity contribution is 7.16. The van der Waals surface area contributed by atoms with Crippen LogP contribution in [0.15, 0.2) is 17.6 Å². The number of nitrogen functional groups attached to an aromatic ring is 1. The second-order valence-corrected chi connectivity index (χ2v) is 4.67. The van der Waals surface area contributed by atoms with E-state index in [1.165, 1.54) is 0 Å². The molecular formula is C11H15N3OS. The molecule has 1 unspecified atom stereocenters. The molecule has 86 valence electrons. The zero-order valence-corrected chi connectivity index (χ0v) is 9.92. The summed E-state index contributed by atoms with van der Waals surface area (Å²) in [6, 6.07) is 4.17. The zero-order chi connectivity index (χ0) is 11.5. The van der Waals surface area contributed by atoms with Gasteiger partial charge in [0.1, 0.15) is 5.52 Å². The van der Waals surface area contributed by atoms with Gasteiger partial charge >= 0.3 is 0 Å². The van der Waals surface area contributed by atoms with Gasteiger partial charge in [0.25, 0.3) is 0 Å². The molecule has 1 atom stereocenters. The zero-order valence-electron chi connectivity index (χ0n) is 9.10. The van der Waals surface area contributed by atoms with Crippen molar-refractivity contribution in [2.24, 2.45) is 0 Å². The van der Waals surface area contributed by atoms with E-state index >= 15 is 0 Å². The minimum atomic E-state index is 0.174. The Hall–Kier alpha value is -1.33. The molecule has 0 fully saturated rings. The van der Waals surface area contributed by atoms with Crippen LogP contribution in [0.1, 0.15) is 13.3 Å². The second-order valence-electron chi connectivity index (χ2n) is 3.78. The predicted molar refractivity (Wildman–Crippen MR) is 68.8 cm³/mol. The molecule has 0 aliphatic rings. The molecule has 0 aliphatic carbocycles. The molecule has 0 saturated heterocycles. The van der Waals surface area contributed by atoms with Gasteiger partial charge in [-0.15, -0.1) is 11.3 Å². The fourth-order valence-corrected chi connectivity index (χ4v) is 2.30. The molecule has 0 radical (unpaired) electrons. The Morgan fingerprint density at radius 3 is 3.12 bits per heavy atom. The molecule has 0 bridgehead atoms. The van der Waals surface area contributed by atoms with Crippen molar-refractivity contribution in [1.29, 1.82) is 0 Å². The van der Waals surface area contributed by atoms with Crippen LogP contribution in [-0.4, -0.2) is 22.7 Å². The van der Waals surface area contributed by atoms with Crippen LogP contribution in [0, 0.1) is 0 Å². The van der Waals surface area contributed by atoms with Crippen molar-refractivity contribution in [1.82, 2.24) is 4.98 Å². The fraction of sp³-hybridized carbons (Fsp3) is 0.364. The summed E-state index contributed by atoms with van der Waals surface area (Å²) in [5.74, 6) is 0. The smallest absolute Gasteiger partial charge is 0.106 e. The standard InChI is InChI=1S/C11H15N3OS/c1-7(4-5-15)14-8-2-3-9-11(10(8)12)13-6-16-9/h2-3,6-7,14-15H,4-5,12H2,1H3. The summed E-state index contributed by atoms with van der Waals surface area (Å²) in [5, 5.41) is 12.1. The number of nitrogens with one attached hydrogen (secondary N) is 1. The summed E-state index contributed by atoms with van der Waals surface area (Å²) in [4.78, 5) is 4.24. The molecule has 1 heterocycles. The monoisotopic (exact) mass is 237 g/mol. The molecule has 1 aromatic carbocycles. The Morgan fingerprint density at radius 1 is 1.56 bits per heavy atom. The van der Waals surface area contributed by atoms with Crippen molar-refractivity contribution in [2.75, 3.05) is 17.7 Å². The van der Waals surface area contributed by atoms with Gasteiger partial charge in [-0.25, -0.2) is 4.98 Å². The van der Waals surface area contributed by atoms with Crippen molar-refractivity contribution >= 4 is 32.9 Å². The number of nitrogens with zero attached hydrogens (tertiary/aromatic N) is 1. The van der Waals surface area contributed by atoms with Crippen molar-refractivity contribution in [3.8, 4) is 0 Å². The summed E-state index contributed by atoms with van der Waals surface area (Å²) in [7, 11) is 0. The normalized spacial score (nSPS) is 12.9. The van der Waals surface area contributed by atoms with E-state index in [9.17, 15) is 0 Å². The van der Waals surface area contributed by atoms with Crippen LogP contribution in [0.5, 0.6) is 0 Å². The van der Waals surface area contributed by atoms with Crippen molar-refractivity contribution in [3.05, 3.63) is 17.6 Å². The van der Waals surface area contributed by atoms with E-state index < -0.39 is 0 Å². The van der Waals surface area contributed by atoms with Crippen LogP contribution in [0.4, 0.5) is 11.4 Å². The molecule has 16 heavy (non-hydrogen) atoms. The molecule has 0 aliphatic heterocycles. The van der Waals surface area contributed by atoms with Crippen LogP contribution in [0.2, 0.25) is 0 Å². The van der Waals surface area contributed by atoms with E-state index in [4.69, 9.17) is 10.8 Å². The maximum absolute atomic E-state index is 8.84. The third-order valence-corrected chi connectivity index (χ3v) is 3.30. The van der Waals surface area contributed by atoms with Gasteiger partial charge in [-0.05, 0) is 25.5 Å². The Balaban J connectivity index is 2.27. The first kappa shape index (κ1) is 11.2. The van der Waals surface area contributed by atoms with Gasteiger partial charge in [-0.1, -0.05) is 0 Å². The number of hydrogen-bond acceptors (Lipinski definition) is 5. The number of aliphatic hydroxyl groups excluding tert-OH is 1. The lowest BCUT2D eigenvalue weighted by molar-refractivity contribution is 0.282. The molecule has 4 nitrogen and oxygen atoms in total. The van der Waals surface area contributed by atoms with Gasteiger partial charge in [0.15, 0.2) is 0 Å². The molecule has 4 N–H and O–H groups in total. The van der Waals surface area contributed by atoms with Crippen molar-refractivity contribution in [3.63, 3.8) is 0 Å². The molecule has 0 spiro atoms. The highest BCUT2D eigenvalue weighted by Gasteiger charge is 2.08. The highest BCUT2D eigenvalue weighted by atomic mass is 32.1. The van der Waals surface area contributed by atoms with Crippen LogP contribution in [0.3, 0.4) is 0 Å². The van der Waals surface area contributed by atoms with E-state index in [2.05, 4.69) is 10.3 Å². The van der Waals surface area contributed by atoms with Gasteiger partial charge < -0.3 is 16.2 Å². The summed E-state index contributed by atoms with van der Waals surface area (Å²) in [5.41, 5.74) is 10.2. The fourth-order valence-electron chi connectivity index (χ4n) is 1.61. The molecule has 0 amide bonds. The third-order valence-electron chi connectivity index (χ3n) is 2.51. The van der Waals surface area contributed by atoms with Gasteiger partial charge in [0.05, 0.1) is 21.6 Å². The maximum atomic E-state index is 8.84. The molecule has 1 aromatic heterocycles. The Bertz CT molecular complexity index is 483. The largest absolute Gasteiger partial charge is 0.396 e. The summed E-state index contributed by atoms with van der Waals surface area (Å²) >= 11 is 1.58. The number of hydrogen-bond donors (Lipinski definition) is 3. The van der Waals surface area contributed by atoms with Crippen LogP contribution < -0.4 is 11.1 Å². The third kappa shape index (κ3) is 2.10. The predicted octanol–water partition coefficient (Wildman–Crippen LogP) is 2.06. The first-order valence-electron chi connectivity index (χ1n) is 5.21. The SMILES string of the molecule is CC(CCO)Nc1ccc2scnc2c1N. The minimum Gasteiger partial charge on any atom is -0.396 e. The molecular weight excluding hydrogens is 222 g/mol. The summed E-state index contributed by atoms with van der Waals surface area (Å²) in [6.45, 7) is 2.19. The molecule has 2 aromatic rings. The number of fused-ring (bicyclic) bond motifs is 1. The average Bonchev–Trinajstić information content (AvgIpc) is 2.71. The van der Waals surface area contributed by atoms with Gasteiger partial charge in [-0.3, -0.25) is 0 Å². The second kappa shape index (κ2) is 4.67. The molecule has 2 rings (SSSR count). The van der Waals surface area contributed by atoms with E-state index in [1.54, 1.807) is 16.8 Å². The van der Waals surface area contributed by atoms with E-state index in [-0.39, 0.29) is 12.6 Å². The van der Waals surface area contributed by atoms with E-state index in [0.717, 1.165) is 15.9 Å². The summed E-state index contributed by atoms with van der Waals surface area (Å²) in [6.07, 6.45) is 0.703. The number of aliphatic hydroxyl groups is 1. The number of rotatable bonds is 4. The van der Waals surface area contributed by atoms with Gasteiger partial charge in [0, 0.05) is 12.6 Å². The van der Waals surface area contributed by atoms with Crippen LogP contribution in [0.25, 0.3) is 10.2 Å². The molecule has 0 saturated carbocycles. The topological polar surface area (TPSA) is 71.2 Å². The Morgan fingerprint density at radius 2 is 2.38 bits per heavy atom. The Kier molecular flexibility index (Phi) is 3.26. The van der Waals surface area contributed by atoms with E-state index in [0.29, 0.717) is 12.1 Å². The van der Waals surface area contributed by atoms with Crippen LogP contribution >= 0.6 is 11.3 Å². The maximum Gasteiger partial charge on any atom is 0.106 e. The van der Waals surface area contributed by atoms with Crippen molar-refractivity contribution in [2.45, 2.75) is 19.4 Å². The lowest BCUT2D eigenvalue weighted by Gasteiger charge is -2.15. The number of nitrogens with two attached hydrogens (primary N) is 1. The quantitative estimate of drug-likeness (QED) is 0.712. The van der Waals surface area contributed by atoms with Crippen LogP contribution in [-0.2, 0) is 0 Å².